The minimum atomic E-state index is -1.50. The molecule has 0 fully saturated rings. The lowest BCUT2D eigenvalue weighted by Gasteiger charge is -2.20. The molecule has 0 saturated heterocycles. The minimum absolute atomic E-state index is 0.571. The molecule has 0 saturated carbocycles. The van der Waals surface area contributed by atoms with Crippen LogP contribution in [0.15, 0.2) is 34.8 Å². The van der Waals surface area contributed by atoms with E-state index in [2.05, 4.69) is 53.4 Å². The Labute approximate surface area is 168 Å². The van der Waals surface area contributed by atoms with Crippen LogP contribution in [0.25, 0.3) is 0 Å². The highest BCUT2D eigenvalue weighted by atomic mass is 79.9. The monoisotopic (exact) mass is 402 g/mol. The SMILES string of the molecule is Cc1cc(Br)c(C=O)cc1Oc1cccc2c1COCC2.[B]C([B])([B])[B]. The molecule has 0 unspecified atom stereocenters. The highest BCUT2D eigenvalue weighted by Crippen LogP contribution is 2.34. The molecule has 26 heavy (non-hydrogen) atoms. The summed E-state index contributed by atoms with van der Waals surface area (Å²) >= 11 is 3.38. The van der Waals surface area contributed by atoms with E-state index >= 15 is 0 Å². The molecular weight excluding hydrogens is 387 g/mol. The Morgan fingerprint density at radius 3 is 2.54 bits per heavy atom. The van der Waals surface area contributed by atoms with Gasteiger partial charge in [0.1, 0.15) is 11.5 Å². The van der Waals surface area contributed by atoms with E-state index in [4.69, 9.17) is 9.47 Å². The van der Waals surface area contributed by atoms with E-state index in [-0.39, 0.29) is 0 Å². The van der Waals surface area contributed by atoms with E-state index in [1.54, 1.807) is 6.07 Å². The van der Waals surface area contributed by atoms with Gasteiger partial charge < -0.3 is 9.47 Å². The minimum Gasteiger partial charge on any atom is -0.457 e. The van der Waals surface area contributed by atoms with Crippen LogP contribution >= 0.6 is 15.9 Å². The summed E-state index contributed by atoms with van der Waals surface area (Å²) < 4.78 is 12.3. The number of halogens is 1. The van der Waals surface area contributed by atoms with Crippen molar-refractivity contribution in [2.45, 2.75) is 25.0 Å². The molecule has 124 valence electrons. The van der Waals surface area contributed by atoms with Gasteiger partial charge in [-0.25, -0.2) is 0 Å². The van der Waals surface area contributed by atoms with Crippen molar-refractivity contribution in [2.75, 3.05) is 6.61 Å². The molecule has 0 spiro atoms. The number of ether oxygens (including phenoxy) is 2. The van der Waals surface area contributed by atoms with Crippen LogP contribution in [0.5, 0.6) is 11.5 Å². The highest BCUT2D eigenvalue weighted by Gasteiger charge is 2.16. The Balaban J connectivity index is 0.000000431. The van der Waals surface area contributed by atoms with E-state index in [0.717, 1.165) is 40.7 Å². The zero-order valence-corrected chi connectivity index (χ0v) is 16.1. The summed E-state index contributed by atoms with van der Waals surface area (Å²) in [4.78, 5) is 11.1. The van der Waals surface area contributed by atoms with Crippen LogP contribution < -0.4 is 4.74 Å². The van der Waals surface area contributed by atoms with Crippen molar-refractivity contribution < 1.29 is 14.3 Å². The van der Waals surface area contributed by atoms with Gasteiger partial charge >= 0.3 is 0 Å². The van der Waals surface area contributed by atoms with Crippen molar-refractivity contribution in [3.05, 3.63) is 57.1 Å². The maximum absolute atomic E-state index is 11.1. The fourth-order valence-corrected chi connectivity index (χ4v) is 3.00. The number of carbonyl (C=O) groups excluding carboxylic acids is 1. The molecule has 3 nitrogen and oxygen atoms in total. The second kappa shape index (κ2) is 9.01. The summed E-state index contributed by atoms with van der Waals surface area (Å²) in [5.41, 5.74) is 3.92. The number of rotatable bonds is 3. The largest absolute Gasteiger partial charge is 0.457 e. The van der Waals surface area contributed by atoms with Gasteiger partial charge in [-0.15, -0.1) is 0 Å². The van der Waals surface area contributed by atoms with Crippen LogP contribution in [0.4, 0.5) is 0 Å². The molecule has 0 amide bonds. The molecule has 0 aromatic heterocycles. The number of hydrogen-bond acceptors (Lipinski definition) is 3. The molecule has 0 N–H and O–H groups in total. The number of fused-ring (bicyclic) bond motifs is 1. The van der Waals surface area contributed by atoms with E-state index < -0.39 is 5.01 Å². The topological polar surface area (TPSA) is 35.5 Å². The molecule has 3 rings (SSSR count). The first-order valence-corrected chi connectivity index (χ1v) is 8.75. The first-order chi connectivity index (χ1) is 12.2. The first-order valence-electron chi connectivity index (χ1n) is 7.96. The van der Waals surface area contributed by atoms with Gasteiger partial charge in [-0.3, -0.25) is 4.79 Å². The number of hydrogen-bond donors (Lipinski definition) is 0. The molecule has 1 aliphatic heterocycles. The van der Waals surface area contributed by atoms with Gasteiger partial charge in [-0.2, -0.15) is 5.01 Å². The first kappa shape index (κ1) is 20.9. The van der Waals surface area contributed by atoms with Crippen molar-refractivity contribution in [1.29, 1.82) is 0 Å². The van der Waals surface area contributed by atoms with Crippen molar-refractivity contribution in [3.63, 3.8) is 0 Å². The van der Waals surface area contributed by atoms with Gasteiger partial charge in [-0.05, 0) is 42.7 Å². The second-order valence-electron chi connectivity index (χ2n) is 6.06. The summed E-state index contributed by atoms with van der Waals surface area (Å²) in [6.45, 7) is 3.28. The zero-order chi connectivity index (χ0) is 19.3. The average Bonchev–Trinajstić information content (AvgIpc) is 2.56. The van der Waals surface area contributed by atoms with Crippen molar-refractivity contribution in [3.8, 4) is 11.5 Å². The Kier molecular flexibility index (Phi) is 7.24. The quantitative estimate of drug-likeness (QED) is 0.585. The Hall–Kier alpha value is -1.39. The van der Waals surface area contributed by atoms with Gasteiger partial charge in [0, 0.05) is 47.0 Å². The molecule has 1 heterocycles. The van der Waals surface area contributed by atoms with Crippen LogP contribution in [0, 0.1) is 6.92 Å². The van der Waals surface area contributed by atoms with Crippen molar-refractivity contribution in [2.24, 2.45) is 0 Å². The van der Waals surface area contributed by atoms with E-state index in [0.29, 0.717) is 17.9 Å². The molecule has 0 atom stereocenters. The second-order valence-corrected chi connectivity index (χ2v) is 6.91. The van der Waals surface area contributed by atoms with Gasteiger partial charge in [-0.1, -0.05) is 28.1 Å². The van der Waals surface area contributed by atoms with Crippen molar-refractivity contribution in [1.82, 2.24) is 0 Å². The molecule has 8 radical (unpaired) electrons. The summed E-state index contributed by atoms with van der Waals surface area (Å²) in [7, 11) is 18.8. The van der Waals surface area contributed by atoms with E-state index in [1.807, 2.05) is 25.1 Å². The average molecular weight is 402 g/mol. The Morgan fingerprint density at radius 2 is 1.88 bits per heavy atom. The number of aryl methyl sites for hydroxylation is 1. The molecule has 1 aliphatic rings. The number of benzene rings is 2. The van der Waals surface area contributed by atoms with Gasteiger partial charge in [0.05, 0.1) is 13.2 Å². The lowest BCUT2D eigenvalue weighted by Crippen LogP contribution is -2.10. The molecule has 2 aromatic carbocycles. The molecule has 8 heteroatoms. The smallest absolute Gasteiger partial charge is 0.151 e. The predicted octanol–water partition coefficient (Wildman–Crippen LogP) is 3.13. The maximum Gasteiger partial charge on any atom is 0.151 e. The fourth-order valence-electron chi connectivity index (χ4n) is 2.45. The van der Waals surface area contributed by atoms with Crippen molar-refractivity contribution >= 4 is 53.6 Å². The standard InChI is InChI=1S/C17H15BrO3.CB4/c1-11-7-15(18)13(9-19)8-17(11)21-16-4-2-3-12-5-6-20-10-14(12)16;2-1(3,4)5/h2-4,7-9H,5-6,10H2,1H3;. The maximum atomic E-state index is 11.1. The van der Waals surface area contributed by atoms with E-state index in [9.17, 15) is 4.79 Å². The van der Waals surface area contributed by atoms with Crippen LogP contribution in [0.3, 0.4) is 0 Å². The van der Waals surface area contributed by atoms with Crippen LogP contribution in [-0.4, -0.2) is 44.3 Å². The molecule has 0 bridgehead atoms. The normalized spacial score (nSPS) is 13.2. The van der Waals surface area contributed by atoms with Crippen LogP contribution in [0.1, 0.15) is 27.0 Å². The molecule has 0 aliphatic carbocycles. The van der Waals surface area contributed by atoms with Gasteiger partial charge in [0.25, 0.3) is 0 Å². The Morgan fingerprint density at radius 1 is 1.19 bits per heavy atom. The molecule has 2 aromatic rings. The highest BCUT2D eigenvalue weighted by molar-refractivity contribution is 9.10. The van der Waals surface area contributed by atoms with Crippen LogP contribution in [-0.2, 0) is 17.8 Å². The number of aldehydes is 1. The van der Waals surface area contributed by atoms with E-state index in [1.165, 1.54) is 5.56 Å². The third-order valence-corrected chi connectivity index (χ3v) is 4.32. The lowest BCUT2D eigenvalue weighted by molar-refractivity contribution is 0.109. The Bertz CT molecular complexity index is 785. The predicted molar refractivity (Wildman–Crippen MR) is 110 cm³/mol. The molecular formula is C18H15B4BrO3. The summed E-state index contributed by atoms with van der Waals surface area (Å²) in [6, 6.07) is 9.69. The van der Waals surface area contributed by atoms with Gasteiger partial charge in [0.2, 0.25) is 0 Å². The zero-order valence-electron chi connectivity index (χ0n) is 14.5. The summed E-state index contributed by atoms with van der Waals surface area (Å²) in [5.74, 6) is 1.49. The number of carbonyl (C=O) groups is 1. The lowest BCUT2D eigenvalue weighted by atomic mass is 9.33. The summed E-state index contributed by atoms with van der Waals surface area (Å²) in [6.07, 6.45) is 1.73. The third kappa shape index (κ3) is 6.10. The van der Waals surface area contributed by atoms with Gasteiger partial charge in [0.15, 0.2) is 6.29 Å². The summed E-state index contributed by atoms with van der Waals surface area (Å²) in [5, 5.41) is -1.50. The third-order valence-electron chi connectivity index (χ3n) is 3.63. The van der Waals surface area contributed by atoms with Crippen LogP contribution in [0.2, 0.25) is 5.01 Å². The fraction of sp³-hybridized carbons (Fsp3) is 0.278.